The van der Waals surface area contributed by atoms with E-state index in [1.165, 1.54) is 35.6 Å². The van der Waals surface area contributed by atoms with E-state index in [1.807, 2.05) is 23.8 Å². The molecule has 0 radical (unpaired) electrons. The molecular weight excluding hydrogens is 471 g/mol. The number of thiophene rings is 1. The van der Waals surface area contributed by atoms with Gasteiger partial charge in [0.15, 0.2) is 0 Å². The molecule has 1 heterocycles. The molecule has 33 heavy (non-hydrogen) atoms. The van der Waals surface area contributed by atoms with E-state index in [1.54, 1.807) is 6.07 Å². The van der Waals surface area contributed by atoms with Crippen molar-refractivity contribution in [1.82, 2.24) is 4.72 Å². The minimum absolute atomic E-state index is 0.0550. The highest BCUT2D eigenvalue weighted by atomic mass is 32.2. The van der Waals surface area contributed by atoms with Gasteiger partial charge in [0.2, 0.25) is 10.0 Å². The zero-order valence-corrected chi connectivity index (χ0v) is 19.6. The van der Waals surface area contributed by atoms with Crippen molar-refractivity contribution in [1.29, 1.82) is 0 Å². The van der Waals surface area contributed by atoms with Gasteiger partial charge in [-0.25, -0.2) is 13.1 Å². The molecule has 9 heteroatoms. The van der Waals surface area contributed by atoms with E-state index in [2.05, 4.69) is 4.72 Å². The van der Waals surface area contributed by atoms with E-state index in [0.717, 1.165) is 29.7 Å². The number of nitrogens with one attached hydrogen (secondary N) is 1. The average Bonchev–Trinajstić information content (AvgIpc) is 3.28. The number of unbranched alkanes of at least 4 members (excludes halogenated alkanes) is 1. The van der Waals surface area contributed by atoms with Gasteiger partial charge in [0.1, 0.15) is 5.78 Å². The number of carbonyl (C=O) groups excluding carboxylic acids is 1. The monoisotopic (exact) mass is 495 g/mol. The molecule has 3 rings (SSSR count). The van der Waals surface area contributed by atoms with Crippen LogP contribution in [0.15, 0.2) is 64.2 Å². The van der Waals surface area contributed by atoms with Crippen molar-refractivity contribution in [2.75, 3.05) is 6.54 Å². The summed E-state index contributed by atoms with van der Waals surface area (Å²) in [6.45, 7) is 2.27. The van der Waals surface area contributed by atoms with Crippen LogP contribution in [0.5, 0.6) is 0 Å². The Labute approximate surface area is 195 Å². The second kappa shape index (κ2) is 10.6. The van der Waals surface area contributed by atoms with Crippen molar-refractivity contribution >= 4 is 27.1 Å². The fourth-order valence-corrected chi connectivity index (χ4v) is 5.19. The number of sulfonamides is 1. The number of halogens is 3. The van der Waals surface area contributed by atoms with Crippen molar-refractivity contribution in [3.8, 4) is 11.1 Å². The second-order valence-electron chi connectivity index (χ2n) is 7.67. The molecule has 1 aromatic heterocycles. The molecule has 0 aliphatic carbocycles. The number of ketones is 1. The van der Waals surface area contributed by atoms with Gasteiger partial charge in [0.25, 0.3) is 0 Å². The highest BCUT2D eigenvalue weighted by Gasteiger charge is 2.30. The first-order chi connectivity index (χ1) is 15.6. The summed E-state index contributed by atoms with van der Waals surface area (Å²) in [5.41, 5.74) is 1.55. The molecule has 2 aromatic carbocycles. The van der Waals surface area contributed by atoms with Crippen molar-refractivity contribution in [3.63, 3.8) is 0 Å². The Kier molecular flexibility index (Phi) is 8.10. The third-order valence-corrected chi connectivity index (χ3v) is 7.23. The number of Topliss-reactive ketones (excluding diaryl/α,β-unsaturated/α-hetero) is 1. The minimum atomic E-state index is -4.49. The Morgan fingerprint density at radius 2 is 1.85 bits per heavy atom. The molecule has 0 bridgehead atoms. The summed E-state index contributed by atoms with van der Waals surface area (Å²) < 4.78 is 66.8. The number of benzene rings is 2. The summed E-state index contributed by atoms with van der Waals surface area (Å²) in [4.78, 5) is 12.8. The van der Waals surface area contributed by atoms with E-state index in [0.29, 0.717) is 18.5 Å². The number of alkyl halides is 3. The summed E-state index contributed by atoms with van der Waals surface area (Å²) >= 11 is 1.47. The molecule has 0 unspecified atom stereocenters. The van der Waals surface area contributed by atoms with Crippen molar-refractivity contribution in [2.24, 2.45) is 0 Å². The van der Waals surface area contributed by atoms with Gasteiger partial charge in [0, 0.05) is 19.4 Å². The number of hydrogen-bond acceptors (Lipinski definition) is 4. The van der Waals surface area contributed by atoms with Crippen molar-refractivity contribution < 1.29 is 26.4 Å². The van der Waals surface area contributed by atoms with E-state index in [9.17, 15) is 26.4 Å². The SMILES string of the molecule is CCCCNS(=O)(=O)c1ccc(-c2ccsc2)c(CC(=O)Cc2cccc(C(F)(F)F)c2)c1. The molecule has 3 aromatic rings. The van der Waals surface area contributed by atoms with Crippen LogP contribution >= 0.6 is 11.3 Å². The fourth-order valence-electron chi connectivity index (χ4n) is 3.41. The van der Waals surface area contributed by atoms with Gasteiger partial charge < -0.3 is 0 Å². The number of rotatable bonds is 10. The summed E-state index contributed by atoms with van der Waals surface area (Å²) in [5, 5.41) is 3.77. The molecule has 176 valence electrons. The van der Waals surface area contributed by atoms with E-state index in [-0.39, 0.29) is 29.1 Å². The van der Waals surface area contributed by atoms with Crippen LogP contribution < -0.4 is 4.72 Å². The Balaban J connectivity index is 1.88. The van der Waals surface area contributed by atoms with E-state index in [4.69, 9.17) is 0 Å². The third-order valence-electron chi connectivity index (χ3n) is 5.08. The van der Waals surface area contributed by atoms with Gasteiger partial charge in [0.05, 0.1) is 10.5 Å². The van der Waals surface area contributed by atoms with Gasteiger partial charge in [-0.15, -0.1) is 0 Å². The van der Waals surface area contributed by atoms with Crippen LogP contribution in [0, 0.1) is 0 Å². The zero-order chi connectivity index (χ0) is 24.1. The summed E-state index contributed by atoms with van der Waals surface area (Å²) in [6.07, 6.45) is -3.22. The molecule has 0 aliphatic heterocycles. The normalized spacial score (nSPS) is 12.1. The Bertz CT molecular complexity index is 1200. The number of hydrogen-bond donors (Lipinski definition) is 1. The molecule has 0 aliphatic rings. The maximum absolute atomic E-state index is 13.0. The molecular formula is C24H24F3NO3S2. The predicted molar refractivity (Wildman–Crippen MR) is 124 cm³/mol. The van der Waals surface area contributed by atoms with Crippen LogP contribution in [0.1, 0.15) is 36.5 Å². The van der Waals surface area contributed by atoms with Crippen LogP contribution in [0.25, 0.3) is 11.1 Å². The minimum Gasteiger partial charge on any atom is -0.299 e. The topological polar surface area (TPSA) is 63.2 Å². The van der Waals surface area contributed by atoms with Crippen molar-refractivity contribution in [3.05, 3.63) is 76.0 Å². The quantitative estimate of drug-likeness (QED) is 0.358. The highest BCUT2D eigenvalue weighted by Crippen LogP contribution is 2.31. The van der Waals surface area contributed by atoms with Gasteiger partial charge in [-0.3, -0.25) is 4.79 Å². The summed E-state index contributed by atoms with van der Waals surface area (Å²) in [5.74, 6) is -0.306. The lowest BCUT2D eigenvalue weighted by Gasteiger charge is -2.13. The maximum atomic E-state index is 13.0. The molecule has 4 nitrogen and oxygen atoms in total. The molecule has 0 atom stereocenters. The van der Waals surface area contributed by atoms with Crippen LogP contribution in [-0.4, -0.2) is 20.7 Å². The first-order valence-electron chi connectivity index (χ1n) is 10.4. The van der Waals surface area contributed by atoms with Gasteiger partial charge in [-0.2, -0.15) is 24.5 Å². The molecule has 0 fully saturated rings. The lowest BCUT2D eigenvalue weighted by molar-refractivity contribution is -0.137. The Morgan fingerprint density at radius 1 is 1.06 bits per heavy atom. The van der Waals surface area contributed by atoms with Gasteiger partial charge in [-0.1, -0.05) is 37.6 Å². The van der Waals surface area contributed by atoms with Crippen LogP contribution in [-0.2, 0) is 33.8 Å². The molecule has 0 saturated carbocycles. The molecule has 1 N–H and O–H groups in total. The van der Waals surface area contributed by atoms with E-state index < -0.39 is 21.8 Å². The van der Waals surface area contributed by atoms with Crippen molar-refractivity contribution in [2.45, 2.75) is 43.7 Å². The van der Waals surface area contributed by atoms with Gasteiger partial charge >= 0.3 is 6.18 Å². The first kappa shape index (κ1) is 25.1. The smallest absolute Gasteiger partial charge is 0.299 e. The Hall–Kier alpha value is -2.49. The zero-order valence-electron chi connectivity index (χ0n) is 18.0. The predicted octanol–water partition coefficient (Wildman–Crippen LogP) is 5.87. The van der Waals surface area contributed by atoms with Crippen LogP contribution in [0.4, 0.5) is 13.2 Å². The number of carbonyl (C=O) groups is 1. The largest absolute Gasteiger partial charge is 0.416 e. The fraction of sp³-hybridized carbons (Fsp3) is 0.292. The first-order valence-corrected chi connectivity index (χ1v) is 12.9. The maximum Gasteiger partial charge on any atom is 0.416 e. The lowest BCUT2D eigenvalue weighted by atomic mass is 9.95. The summed E-state index contributed by atoms with van der Waals surface area (Å²) in [7, 11) is -3.74. The molecule has 0 saturated heterocycles. The molecule has 0 amide bonds. The van der Waals surface area contributed by atoms with Crippen LogP contribution in [0.3, 0.4) is 0 Å². The standard InChI is InChI=1S/C24H24F3NO3S2/c1-2-3-10-28-33(30,31)22-7-8-23(18-9-11-32-16-18)19(15-22)14-21(29)13-17-5-4-6-20(12-17)24(25,26)27/h4-9,11-12,15-16,28H,2-3,10,13-14H2,1H3. The average molecular weight is 496 g/mol. The van der Waals surface area contributed by atoms with E-state index >= 15 is 0 Å². The second-order valence-corrected chi connectivity index (χ2v) is 10.2. The van der Waals surface area contributed by atoms with Gasteiger partial charge in [-0.05, 0) is 63.7 Å². The highest BCUT2D eigenvalue weighted by molar-refractivity contribution is 7.89. The third kappa shape index (κ3) is 6.75. The Morgan fingerprint density at radius 3 is 2.52 bits per heavy atom. The summed E-state index contributed by atoms with van der Waals surface area (Å²) in [6, 6.07) is 11.2. The lowest BCUT2D eigenvalue weighted by Crippen LogP contribution is -2.25. The molecule has 0 spiro atoms. The van der Waals surface area contributed by atoms with Crippen LogP contribution in [0.2, 0.25) is 0 Å².